The highest BCUT2D eigenvalue weighted by molar-refractivity contribution is 5.86. The Labute approximate surface area is 206 Å². The lowest BCUT2D eigenvalue weighted by molar-refractivity contribution is -0.137. The van der Waals surface area contributed by atoms with Gasteiger partial charge in [-0.2, -0.15) is 13.2 Å². The second-order valence-corrected chi connectivity index (χ2v) is 8.58. The van der Waals surface area contributed by atoms with Gasteiger partial charge in [0.05, 0.1) is 12.2 Å². The number of methoxy groups -OCH3 is 1. The summed E-state index contributed by atoms with van der Waals surface area (Å²) in [4.78, 5) is 12.8. The van der Waals surface area contributed by atoms with Crippen LogP contribution in [0.15, 0.2) is 79.0 Å². The van der Waals surface area contributed by atoms with E-state index in [1.165, 1.54) is 25.3 Å². The van der Waals surface area contributed by atoms with E-state index in [9.17, 15) is 22.4 Å². The van der Waals surface area contributed by atoms with Crippen LogP contribution in [0.5, 0.6) is 0 Å². The smallest absolute Gasteiger partial charge is 0.383 e. The molecular weight excluding hydrogens is 472 g/mol. The predicted octanol–water partition coefficient (Wildman–Crippen LogP) is 6.13. The summed E-state index contributed by atoms with van der Waals surface area (Å²) in [5.74, 6) is -1.24. The Hall–Kier alpha value is -3.65. The van der Waals surface area contributed by atoms with E-state index in [0.717, 1.165) is 34.2 Å². The molecular formula is C28H26F4N2O2. The average molecular weight is 499 g/mol. The zero-order valence-electron chi connectivity index (χ0n) is 19.7. The number of nitrogens with one attached hydrogen (secondary N) is 1. The molecule has 1 aromatic heterocycles. The van der Waals surface area contributed by atoms with Crippen LogP contribution in [-0.4, -0.2) is 30.7 Å². The summed E-state index contributed by atoms with van der Waals surface area (Å²) >= 11 is 0. The fourth-order valence-corrected chi connectivity index (χ4v) is 4.36. The van der Waals surface area contributed by atoms with E-state index < -0.39 is 17.7 Å². The summed E-state index contributed by atoms with van der Waals surface area (Å²) in [6, 6.07) is 18.8. The van der Waals surface area contributed by atoms with Gasteiger partial charge in [0, 0.05) is 49.6 Å². The van der Waals surface area contributed by atoms with Gasteiger partial charge in [-0.05, 0) is 41.0 Å². The summed E-state index contributed by atoms with van der Waals surface area (Å²) in [7, 11) is 1.52. The summed E-state index contributed by atoms with van der Waals surface area (Å²) in [5, 5.41) is 3.61. The first-order chi connectivity index (χ1) is 17.3. The maximum Gasteiger partial charge on any atom is 0.416 e. The average Bonchev–Trinajstić information content (AvgIpc) is 3.22. The number of alkyl halides is 3. The molecule has 36 heavy (non-hydrogen) atoms. The van der Waals surface area contributed by atoms with E-state index in [1.54, 1.807) is 18.2 Å². The number of para-hydroxylation sites is 1. The van der Waals surface area contributed by atoms with E-state index >= 15 is 0 Å². The van der Waals surface area contributed by atoms with Crippen molar-refractivity contribution in [2.45, 2.75) is 25.1 Å². The Bertz CT molecular complexity index is 1330. The highest BCUT2D eigenvalue weighted by atomic mass is 19.4. The number of carbonyl (C=O) groups excluding carboxylic acids is 1. The second kappa shape index (κ2) is 11.0. The number of benzene rings is 3. The molecule has 3 aromatic carbocycles. The third-order valence-electron chi connectivity index (χ3n) is 6.10. The SMILES string of the molecule is COCCNC(=O)C[C@H](c1cccc(C(F)(F)F)c1)c1cn(Cc2ccc(F)cc2)c2ccccc12. The molecule has 8 heteroatoms. The molecule has 0 aliphatic carbocycles. The Kier molecular flexibility index (Phi) is 7.74. The quantitative estimate of drug-likeness (QED) is 0.223. The van der Waals surface area contributed by atoms with Crippen LogP contribution >= 0.6 is 0 Å². The fourth-order valence-electron chi connectivity index (χ4n) is 4.36. The number of rotatable bonds is 9. The van der Waals surface area contributed by atoms with Gasteiger partial charge in [0.25, 0.3) is 0 Å². The third-order valence-corrected chi connectivity index (χ3v) is 6.10. The zero-order chi connectivity index (χ0) is 25.7. The van der Waals surface area contributed by atoms with Gasteiger partial charge in [-0.25, -0.2) is 4.39 Å². The molecule has 0 fully saturated rings. The van der Waals surface area contributed by atoms with Gasteiger partial charge in [-0.15, -0.1) is 0 Å². The van der Waals surface area contributed by atoms with Crippen LogP contribution in [0, 0.1) is 5.82 Å². The van der Waals surface area contributed by atoms with Crippen molar-refractivity contribution in [3.05, 3.63) is 107 Å². The Balaban J connectivity index is 1.78. The van der Waals surface area contributed by atoms with Gasteiger partial charge >= 0.3 is 6.18 Å². The lowest BCUT2D eigenvalue weighted by atomic mass is 9.87. The van der Waals surface area contributed by atoms with Crippen molar-refractivity contribution < 1.29 is 27.1 Å². The first kappa shape index (κ1) is 25.4. The van der Waals surface area contributed by atoms with Crippen molar-refractivity contribution >= 4 is 16.8 Å². The van der Waals surface area contributed by atoms with Gasteiger partial charge in [0.2, 0.25) is 5.91 Å². The minimum absolute atomic E-state index is 0.0322. The molecule has 0 bridgehead atoms. The summed E-state index contributed by atoms with van der Waals surface area (Å²) in [6.07, 6.45) is -2.66. The van der Waals surface area contributed by atoms with Crippen molar-refractivity contribution in [3.63, 3.8) is 0 Å². The van der Waals surface area contributed by atoms with Gasteiger partial charge in [0.15, 0.2) is 0 Å². The molecule has 0 aliphatic heterocycles. The van der Waals surface area contributed by atoms with E-state index in [1.807, 2.05) is 35.0 Å². The van der Waals surface area contributed by atoms with Crippen LogP contribution in [0.2, 0.25) is 0 Å². The maximum absolute atomic E-state index is 13.5. The fraction of sp³-hybridized carbons (Fsp3) is 0.250. The largest absolute Gasteiger partial charge is 0.416 e. The molecule has 1 heterocycles. The maximum atomic E-state index is 13.5. The highest BCUT2D eigenvalue weighted by Gasteiger charge is 2.32. The molecule has 0 spiro atoms. The number of hydrogen-bond donors (Lipinski definition) is 1. The Morgan fingerprint density at radius 1 is 1.03 bits per heavy atom. The van der Waals surface area contributed by atoms with Crippen molar-refractivity contribution in [3.8, 4) is 0 Å². The number of hydrogen-bond acceptors (Lipinski definition) is 2. The number of aromatic nitrogens is 1. The lowest BCUT2D eigenvalue weighted by Gasteiger charge is -2.19. The summed E-state index contributed by atoms with van der Waals surface area (Å²) in [6.45, 7) is 1.07. The van der Waals surface area contributed by atoms with Gasteiger partial charge in [-0.3, -0.25) is 4.79 Å². The number of halogens is 4. The molecule has 0 saturated carbocycles. The topological polar surface area (TPSA) is 43.3 Å². The van der Waals surface area contributed by atoms with Crippen LogP contribution in [0.4, 0.5) is 17.6 Å². The predicted molar refractivity (Wildman–Crippen MR) is 130 cm³/mol. The van der Waals surface area contributed by atoms with Gasteiger partial charge in [0.1, 0.15) is 5.82 Å². The van der Waals surface area contributed by atoms with Crippen LogP contribution < -0.4 is 5.32 Å². The van der Waals surface area contributed by atoms with Gasteiger partial charge in [-0.1, -0.05) is 48.5 Å². The molecule has 0 unspecified atom stereocenters. The number of fused-ring (bicyclic) bond motifs is 1. The van der Waals surface area contributed by atoms with Crippen molar-refractivity contribution in [1.29, 1.82) is 0 Å². The first-order valence-corrected chi connectivity index (χ1v) is 11.5. The van der Waals surface area contributed by atoms with E-state index in [2.05, 4.69) is 5.32 Å². The first-order valence-electron chi connectivity index (χ1n) is 11.5. The highest BCUT2D eigenvalue weighted by Crippen LogP contribution is 2.38. The minimum Gasteiger partial charge on any atom is -0.383 e. The van der Waals surface area contributed by atoms with Crippen LogP contribution in [0.3, 0.4) is 0 Å². The van der Waals surface area contributed by atoms with E-state index in [-0.39, 0.29) is 18.1 Å². The van der Waals surface area contributed by atoms with Gasteiger partial charge < -0.3 is 14.6 Å². The van der Waals surface area contributed by atoms with E-state index in [0.29, 0.717) is 25.3 Å². The zero-order valence-corrected chi connectivity index (χ0v) is 19.7. The standard InChI is InChI=1S/C28H26F4N2O2/c1-36-14-13-33-27(35)16-24(20-5-4-6-21(15-20)28(30,31)32)25-18-34(26-8-3-2-7-23(25)26)17-19-9-11-22(29)12-10-19/h2-12,15,18,24H,13-14,16-17H2,1H3,(H,33,35)/t24-/m1/s1. The Morgan fingerprint density at radius 2 is 1.78 bits per heavy atom. The summed E-state index contributed by atoms with van der Waals surface area (Å²) < 4.78 is 60.9. The molecule has 1 N–H and O–H groups in total. The molecule has 0 aliphatic rings. The molecule has 0 saturated heterocycles. The van der Waals surface area contributed by atoms with Crippen LogP contribution in [0.25, 0.3) is 10.9 Å². The van der Waals surface area contributed by atoms with Crippen molar-refractivity contribution in [1.82, 2.24) is 9.88 Å². The number of ether oxygens (including phenoxy) is 1. The lowest BCUT2D eigenvalue weighted by Crippen LogP contribution is -2.28. The Morgan fingerprint density at radius 3 is 2.50 bits per heavy atom. The molecule has 4 aromatic rings. The molecule has 4 rings (SSSR count). The summed E-state index contributed by atoms with van der Waals surface area (Å²) in [5.41, 5.74) is 2.12. The molecule has 0 radical (unpaired) electrons. The minimum atomic E-state index is -4.50. The normalized spacial score (nSPS) is 12.6. The second-order valence-electron chi connectivity index (χ2n) is 8.58. The molecule has 1 atom stereocenters. The monoisotopic (exact) mass is 498 g/mol. The molecule has 188 valence electrons. The number of amides is 1. The van der Waals surface area contributed by atoms with Crippen molar-refractivity contribution in [2.24, 2.45) is 0 Å². The number of nitrogens with zero attached hydrogens (tertiary/aromatic N) is 1. The van der Waals surface area contributed by atoms with Crippen molar-refractivity contribution in [2.75, 3.05) is 20.3 Å². The van der Waals surface area contributed by atoms with E-state index in [4.69, 9.17) is 4.74 Å². The number of carbonyl (C=O) groups is 1. The van der Waals surface area contributed by atoms with Crippen LogP contribution in [-0.2, 0) is 22.3 Å². The van der Waals surface area contributed by atoms with Crippen LogP contribution in [0.1, 0.15) is 34.6 Å². The molecule has 4 nitrogen and oxygen atoms in total. The third kappa shape index (κ3) is 5.94. The molecule has 1 amide bonds.